The molecule has 0 aliphatic carbocycles. The van der Waals surface area contributed by atoms with E-state index in [9.17, 15) is 23.1 Å². The number of phenolic OH excluding ortho intramolecular Hbond substituents is 1. The molecule has 6 heteroatoms. The predicted octanol–water partition coefficient (Wildman–Crippen LogP) is 2.49. The van der Waals surface area contributed by atoms with Gasteiger partial charge in [-0.2, -0.15) is 18.4 Å². The Morgan fingerprint density at radius 1 is 1.44 bits per heavy atom. The predicted molar refractivity (Wildman–Crippen MR) is 47.8 cm³/mol. The van der Waals surface area contributed by atoms with Crippen LogP contribution in [0.5, 0.6) is 5.75 Å². The standard InChI is InChI=1S/C10H6F3NO2/c1-5(15)6-2-8(10(11,12)13)7(4-14)9(16)3-6/h2-3,16H,1H3. The SMILES string of the molecule is CC(=O)c1cc(O)c(C#N)c(C(F)(F)F)c1. The van der Waals surface area contributed by atoms with E-state index in [1.54, 1.807) is 0 Å². The van der Waals surface area contributed by atoms with Gasteiger partial charge in [0.15, 0.2) is 5.78 Å². The van der Waals surface area contributed by atoms with Crippen LogP contribution >= 0.6 is 0 Å². The maximum absolute atomic E-state index is 12.5. The molecule has 1 rings (SSSR count). The van der Waals surface area contributed by atoms with Gasteiger partial charge in [0, 0.05) is 5.56 Å². The van der Waals surface area contributed by atoms with Gasteiger partial charge in [-0.05, 0) is 19.1 Å². The van der Waals surface area contributed by atoms with E-state index in [4.69, 9.17) is 5.26 Å². The monoisotopic (exact) mass is 229 g/mol. The number of hydrogen-bond donors (Lipinski definition) is 1. The summed E-state index contributed by atoms with van der Waals surface area (Å²) in [4.78, 5) is 10.9. The largest absolute Gasteiger partial charge is 0.507 e. The van der Waals surface area contributed by atoms with Crippen LogP contribution in [0.3, 0.4) is 0 Å². The van der Waals surface area contributed by atoms with E-state index in [1.807, 2.05) is 0 Å². The number of rotatable bonds is 1. The van der Waals surface area contributed by atoms with Gasteiger partial charge in [-0.25, -0.2) is 0 Å². The van der Waals surface area contributed by atoms with Gasteiger partial charge in [-0.3, -0.25) is 4.79 Å². The van der Waals surface area contributed by atoms with E-state index < -0.39 is 28.8 Å². The number of hydrogen-bond acceptors (Lipinski definition) is 3. The second-order valence-electron chi connectivity index (χ2n) is 3.08. The smallest absolute Gasteiger partial charge is 0.417 e. The quantitative estimate of drug-likeness (QED) is 0.752. The zero-order valence-electron chi connectivity index (χ0n) is 8.09. The Balaban J connectivity index is 3.57. The van der Waals surface area contributed by atoms with Crippen molar-refractivity contribution in [1.29, 1.82) is 5.26 Å². The van der Waals surface area contributed by atoms with Crippen molar-refractivity contribution in [2.45, 2.75) is 13.1 Å². The number of halogens is 3. The highest BCUT2D eigenvalue weighted by Crippen LogP contribution is 2.36. The van der Waals surface area contributed by atoms with Gasteiger partial charge in [-0.1, -0.05) is 0 Å². The third-order valence-corrected chi connectivity index (χ3v) is 1.94. The van der Waals surface area contributed by atoms with Gasteiger partial charge >= 0.3 is 6.18 Å². The zero-order chi connectivity index (χ0) is 12.5. The van der Waals surface area contributed by atoms with Gasteiger partial charge in [0.2, 0.25) is 0 Å². The van der Waals surface area contributed by atoms with Crippen molar-refractivity contribution in [3.63, 3.8) is 0 Å². The van der Waals surface area contributed by atoms with Crippen molar-refractivity contribution in [3.8, 4) is 11.8 Å². The molecule has 0 saturated heterocycles. The summed E-state index contributed by atoms with van der Waals surface area (Å²) in [6.45, 7) is 1.07. The van der Waals surface area contributed by atoms with Crippen LogP contribution in [0, 0.1) is 11.3 Å². The van der Waals surface area contributed by atoms with E-state index in [-0.39, 0.29) is 5.56 Å². The molecule has 0 heterocycles. The number of alkyl halides is 3. The summed E-state index contributed by atoms with van der Waals surface area (Å²) < 4.78 is 37.5. The van der Waals surface area contributed by atoms with Crippen LogP contribution in [0.1, 0.15) is 28.4 Å². The first-order chi connectivity index (χ1) is 7.27. The third kappa shape index (κ3) is 2.14. The van der Waals surface area contributed by atoms with E-state index in [2.05, 4.69) is 0 Å². The normalized spacial score (nSPS) is 10.9. The molecule has 0 saturated carbocycles. The first-order valence-corrected chi connectivity index (χ1v) is 4.12. The number of carbonyl (C=O) groups is 1. The Morgan fingerprint density at radius 3 is 2.38 bits per heavy atom. The average Bonchev–Trinajstić information content (AvgIpc) is 2.14. The first-order valence-electron chi connectivity index (χ1n) is 4.12. The van der Waals surface area contributed by atoms with Gasteiger partial charge < -0.3 is 5.11 Å². The highest BCUT2D eigenvalue weighted by Gasteiger charge is 2.35. The van der Waals surface area contributed by atoms with Crippen LogP contribution in [-0.4, -0.2) is 10.9 Å². The summed E-state index contributed by atoms with van der Waals surface area (Å²) in [5.41, 5.74) is -2.47. The lowest BCUT2D eigenvalue weighted by Crippen LogP contribution is -2.09. The molecule has 1 aromatic rings. The number of Topliss-reactive ketones (excluding diaryl/α,β-unsaturated/α-hetero) is 1. The molecule has 1 N–H and O–H groups in total. The van der Waals surface area contributed by atoms with Crippen molar-refractivity contribution in [2.24, 2.45) is 0 Å². The molecule has 0 aromatic heterocycles. The zero-order valence-corrected chi connectivity index (χ0v) is 8.09. The van der Waals surface area contributed by atoms with Crippen molar-refractivity contribution >= 4 is 5.78 Å². The summed E-state index contributed by atoms with van der Waals surface area (Å²) in [5, 5.41) is 17.7. The maximum atomic E-state index is 12.5. The number of nitriles is 1. The van der Waals surface area contributed by atoms with E-state index in [1.165, 1.54) is 6.07 Å². The van der Waals surface area contributed by atoms with E-state index >= 15 is 0 Å². The van der Waals surface area contributed by atoms with Crippen molar-refractivity contribution in [3.05, 3.63) is 28.8 Å². The second-order valence-corrected chi connectivity index (χ2v) is 3.08. The lowest BCUT2D eigenvalue weighted by atomic mass is 10.0. The first kappa shape index (κ1) is 12.0. The highest BCUT2D eigenvalue weighted by atomic mass is 19.4. The Hall–Kier alpha value is -2.03. The van der Waals surface area contributed by atoms with Crippen LogP contribution < -0.4 is 0 Å². The number of phenols is 1. The molecule has 0 aliphatic heterocycles. The van der Waals surface area contributed by atoms with E-state index in [0.717, 1.165) is 13.0 Å². The summed E-state index contributed by atoms with van der Waals surface area (Å²) in [6, 6.07) is 2.65. The van der Waals surface area contributed by atoms with Crippen molar-refractivity contribution < 1.29 is 23.1 Å². The second kappa shape index (κ2) is 3.85. The van der Waals surface area contributed by atoms with Crippen molar-refractivity contribution in [2.75, 3.05) is 0 Å². The molecule has 0 spiro atoms. The molecular weight excluding hydrogens is 223 g/mol. The summed E-state index contributed by atoms with van der Waals surface area (Å²) in [5.74, 6) is -1.46. The molecule has 3 nitrogen and oxygen atoms in total. The van der Waals surface area contributed by atoms with Gasteiger partial charge in [0.25, 0.3) is 0 Å². The molecule has 0 bridgehead atoms. The number of carbonyl (C=O) groups excluding carboxylic acids is 1. The molecule has 0 atom stereocenters. The number of benzene rings is 1. The molecule has 0 amide bonds. The number of ketones is 1. The van der Waals surface area contributed by atoms with Gasteiger partial charge in [-0.15, -0.1) is 0 Å². The summed E-state index contributed by atoms with van der Waals surface area (Å²) >= 11 is 0. The minimum Gasteiger partial charge on any atom is -0.507 e. The highest BCUT2D eigenvalue weighted by molar-refractivity contribution is 5.95. The van der Waals surface area contributed by atoms with Gasteiger partial charge in [0.1, 0.15) is 17.4 Å². The Bertz CT molecular complexity index is 486. The van der Waals surface area contributed by atoms with Crippen molar-refractivity contribution in [1.82, 2.24) is 0 Å². The fourth-order valence-electron chi connectivity index (χ4n) is 1.17. The summed E-state index contributed by atoms with van der Waals surface area (Å²) in [7, 11) is 0. The third-order valence-electron chi connectivity index (χ3n) is 1.94. The molecule has 16 heavy (non-hydrogen) atoms. The maximum Gasteiger partial charge on any atom is 0.417 e. The number of nitrogens with zero attached hydrogens (tertiary/aromatic N) is 1. The molecule has 84 valence electrons. The topological polar surface area (TPSA) is 61.1 Å². The number of aromatic hydroxyl groups is 1. The minimum atomic E-state index is -4.78. The average molecular weight is 229 g/mol. The van der Waals surface area contributed by atoms with Crippen LogP contribution in [0.25, 0.3) is 0 Å². The van der Waals surface area contributed by atoms with Gasteiger partial charge in [0.05, 0.1) is 5.56 Å². The fraction of sp³-hybridized carbons (Fsp3) is 0.200. The molecule has 1 aromatic carbocycles. The minimum absolute atomic E-state index is 0.288. The van der Waals surface area contributed by atoms with Crippen LogP contribution in [0.4, 0.5) is 13.2 Å². The van der Waals surface area contributed by atoms with Crippen LogP contribution in [0.15, 0.2) is 12.1 Å². The fourth-order valence-corrected chi connectivity index (χ4v) is 1.17. The molecular formula is C10H6F3NO2. The Morgan fingerprint density at radius 2 is 2.00 bits per heavy atom. The molecule has 0 unspecified atom stereocenters. The van der Waals surface area contributed by atoms with Crippen LogP contribution in [0.2, 0.25) is 0 Å². The molecule has 0 aliphatic rings. The summed E-state index contributed by atoms with van der Waals surface area (Å²) in [6.07, 6.45) is -4.78. The Labute approximate surface area is 88.7 Å². The molecule has 0 fully saturated rings. The van der Waals surface area contributed by atoms with Crippen LogP contribution in [-0.2, 0) is 6.18 Å². The molecule has 0 radical (unpaired) electrons. The van der Waals surface area contributed by atoms with E-state index in [0.29, 0.717) is 6.07 Å². The lowest BCUT2D eigenvalue weighted by molar-refractivity contribution is -0.137. The Kier molecular flexibility index (Phi) is 2.90. The lowest BCUT2D eigenvalue weighted by Gasteiger charge is -2.11.